The molecule has 0 aromatic rings. The van der Waals surface area contributed by atoms with Gasteiger partial charge in [-0.25, -0.2) is 0 Å². The lowest BCUT2D eigenvalue weighted by Gasteiger charge is -2.29. The average molecular weight is 1270 g/mol. The van der Waals surface area contributed by atoms with E-state index in [1.54, 1.807) is 5.57 Å². The average Bonchev–Trinajstić information content (AvgIpc) is 1.82. The van der Waals surface area contributed by atoms with E-state index in [2.05, 4.69) is 152 Å². The molecule has 91 heavy (non-hydrogen) atoms. The number of hydrogen-bond acceptors (Lipinski definition) is 6. The largest absolute Gasteiger partial charge is 0.347 e. The fraction of sp³-hybridized carbons (Fsp3) is 0.835. The molecular weight excluding hydrogens is 1110 g/mol. The molecule has 0 radical (unpaired) electrons. The first kappa shape index (κ1) is 85.0. The van der Waals surface area contributed by atoms with Crippen LogP contribution in [0.25, 0.3) is 0 Å². The topological polar surface area (TPSA) is 43.4 Å². The number of unbranched alkanes of at least 4 members (excludes halogenated alkanes) is 37. The standard InChI is InChI=1S/C85H156N2O4/c1-10-14-18-22-25-27-29-31-33-35-37-39-41-48-56-64-73-85(88-78-81(89-85)72-76-86(6)7)74-65-57-49-43-45-53-61-69-80(67-59-51-24-20-16-12-3)79(66-58-50-21-17-13-4)68-60-52-44-42-47-55-63-71-83-82(90-84(5,91-83)75-77-87(8)9)70-62-54-46-40-38-36-34-32-30-28-26-23-19-15-11-2/h26,28,31-34,51,58-60,66,68-69,79,81-83H,10-25,27,29-30,35-50,52-57,61-65,67,70-78H2,1-9H3/b28-26-,33-31-,34-32-,59-51-,66-58-,68-60-,80-69+. The van der Waals surface area contributed by atoms with Crippen LogP contribution in [-0.2, 0) is 18.9 Å². The Morgan fingerprint density at radius 2 is 0.736 bits per heavy atom. The van der Waals surface area contributed by atoms with Gasteiger partial charge in [0.05, 0.1) is 24.9 Å². The highest BCUT2D eigenvalue weighted by Crippen LogP contribution is 2.38. The van der Waals surface area contributed by atoms with E-state index in [1.165, 1.54) is 289 Å². The van der Waals surface area contributed by atoms with Crippen molar-refractivity contribution < 1.29 is 18.9 Å². The van der Waals surface area contributed by atoms with Gasteiger partial charge in [0, 0.05) is 38.3 Å². The minimum Gasteiger partial charge on any atom is -0.347 e. The second kappa shape index (κ2) is 61.5. The second-order valence-electron chi connectivity index (χ2n) is 29.1. The summed E-state index contributed by atoms with van der Waals surface area (Å²) in [4.78, 5) is 4.54. The third-order valence-corrected chi connectivity index (χ3v) is 19.4. The first-order valence-corrected chi connectivity index (χ1v) is 40.2. The summed E-state index contributed by atoms with van der Waals surface area (Å²) in [5.74, 6) is -0.426. The van der Waals surface area contributed by atoms with Crippen LogP contribution >= 0.6 is 0 Å². The molecule has 2 fully saturated rings. The van der Waals surface area contributed by atoms with Crippen molar-refractivity contribution in [3.63, 3.8) is 0 Å². The van der Waals surface area contributed by atoms with Gasteiger partial charge in [0.2, 0.25) is 0 Å². The maximum atomic E-state index is 6.85. The first-order chi connectivity index (χ1) is 44.6. The van der Waals surface area contributed by atoms with E-state index in [0.29, 0.717) is 5.92 Å². The molecule has 6 atom stereocenters. The number of allylic oxidation sites excluding steroid dienone is 14. The van der Waals surface area contributed by atoms with Crippen LogP contribution in [0.15, 0.2) is 84.6 Å². The Balaban J connectivity index is 1.86. The van der Waals surface area contributed by atoms with Crippen LogP contribution < -0.4 is 0 Å². The van der Waals surface area contributed by atoms with E-state index in [-0.39, 0.29) is 24.1 Å². The SMILES string of the molecule is CCCCC/C=C\C/C=C\CCCCCCCC1OC(C)(CCN(C)C)OC1CCCCCCC/C=C\C(/C=C\CCCCC)/C(=C/CCCCCCCCC1(CCCCCCCC/C=C\CCCCCCCC)OCC(CCN(C)C)O1)C/C=C\CCCCC. The van der Waals surface area contributed by atoms with E-state index in [4.69, 9.17) is 18.9 Å². The Morgan fingerprint density at radius 1 is 0.374 bits per heavy atom. The molecule has 0 bridgehead atoms. The Hall–Kier alpha value is -2.06. The van der Waals surface area contributed by atoms with Crippen LogP contribution in [-0.4, -0.2) is 87.6 Å². The van der Waals surface area contributed by atoms with Crippen molar-refractivity contribution in [2.45, 2.75) is 405 Å². The minimum atomic E-state index is -0.460. The number of rotatable bonds is 66. The normalized spacial score (nSPS) is 20.5. The van der Waals surface area contributed by atoms with Crippen molar-refractivity contribution in [2.24, 2.45) is 5.92 Å². The number of ether oxygens (including phenoxy) is 4. The summed E-state index contributed by atoms with van der Waals surface area (Å²) < 4.78 is 27.1. The first-order valence-electron chi connectivity index (χ1n) is 40.2. The Bertz CT molecular complexity index is 1800. The third kappa shape index (κ3) is 50.0. The predicted octanol–water partition coefficient (Wildman–Crippen LogP) is 26.4. The molecule has 530 valence electrons. The molecule has 2 rings (SSSR count). The van der Waals surface area contributed by atoms with E-state index >= 15 is 0 Å². The van der Waals surface area contributed by atoms with Crippen LogP contribution in [0, 0.1) is 5.92 Å². The highest BCUT2D eigenvalue weighted by atomic mass is 16.8. The van der Waals surface area contributed by atoms with Crippen LogP contribution in [0.4, 0.5) is 0 Å². The maximum absolute atomic E-state index is 6.85. The highest BCUT2D eigenvalue weighted by Gasteiger charge is 2.43. The Kier molecular flexibility index (Phi) is 57.5. The van der Waals surface area contributed by atoms with Gasteiger partial charge in [-0.1, -0.05) is 286 Å². The van der Waals surface area contributed by atoms with Gasteiger partial charge < -0.3 is 28.7 Å². The van der Waals surface area contributed by atoms with Crippen molar-refractivity contribution in [1.82, 2.24) is 9.80 Å². The summed E-state index contributed by atoms with van der Waals surface area (Å²) in [5, 5.41) is 0. The Morgan fingerprint density at radius 3 is 1.19 bits per heavy atom. The van der Waals surface area contributed by atoms with Gasteiger partial charge in [0.1, 0.15) is 0 Å². The van der Waals surface area contributed by atoms with Gasteiger partial charge in [-0.3, -0.25) is 0 Å². The zero-order chi connectivity index (χ0) is 65.7. The molecule has 0 spiro atoms. The van der Waals surface area contributed by atoms with Crippen LogP contribution in [0.3, 0.4) is 0 Å². The van der Waals surface area contributed by atoms with E-state index < -0.39 is 5.79 Å². The second-order valence-corrected chi connectivity index (χ2v) is 29.1. The number of hydrogen-bond donors (Lipinski definition) is 0. The zero-order valence-corrected chi connectivity index (χ0v) is 62.4. The molecule has 6 unspecified atom stereocenters. The smallest absolute Gasteiger partial charge is 0.168 e. The van der Waals surface area contributed by atoms with Crippen molar-refractivity contribution in [2.75, 3.05) is 47.9 Å². The molecule has 0 aliphatic carbocycles. The van der Waals surface area contributed by atoms with E-state index in [0.717, 1.165) is 71.1 Å². The summed E-state index contributed by atoms with van der Waals surface area (Å²) >= 11 is 0. The lowest BCUT2D eigenvalue weighted by molar-refractivity contribution is -0.180. The fourth-order valence-corrected chi connectivity index (χ4v) is 13.4. The monoisotopic (exact) mass is 1270 g/mol. The predicted molar refractivity (Wildman–Crippen MR) is 403 cm³/mol. The summed E-state index contributed by atoms with van der Waals surface area (Å²) in [6, 6.07) is 0. The molecule has 0 saturated carbocycles. The number of nitrogens with zero attached hydrogens (tertiary/aromatic N) is 2. The van der Waals surface area contributed by atoms with Crippen LogP contribution in [0.2, 0.25) is 0 Å². The Labute approximate surface area is 569 Å². The van der Waals surface area contributed by atoms with Gasteiger partial charge in [0.25, 0.3) is 0 Å². The van der Waals surface area contributed by atoms with E-state index in [1.807, 2.05) is 0 Å². The molecule has 2 heterocycles. The van der Waals surface area contributed by atoms with Crippen LogP contribution in [0.1, 0.15) is 375 Å². The molecule has 6 nitrogen and oxygen atoms in total. The van der Waals surface area contributed by atoms with Gasteiger partial charge in [-0.2, -0.15) is 0 Å². The van der Waals surface area contributed by atoms with Crippen molar-refractivity contribution in [1.29, 1.82) is 0 Å². The van der Waals surface area contributed by atoms with Gasteiger partial charge >= 0.3 is 0 Å². The molecule has 0 aromatic heterocycles. The maximum Gasteiger partial charge on any atom is 0.168 e. The van der Waals surface area contributed by atoms with Crippen molar-refractivity contribution >= 4 is 0 Å². The molecule has 0 aromatic carbocycles. The molecule has 0 N–H and O–H groups in total. The lowest BCUT2D eigenvalue weighted by Crippen LogP contribution is -2.31. The summed E-state index contributed by atoms with van der Waals surface area (Å²) in [7, 11) is 8.65. The quantitative estimate of drug-likeness (QED) is 0.0447. The summed E-state index contributed by atoms with van der Waals surface area (Å²) in [5.41, 5.74) is 1.60. The van der Waals surface area contributed by atoms with Gasteiger partial charge in [-0.05, 0) is 183 Å². The zero-order valence-electron chi connectivity index (χ0n) is 62.4. The summed E-state index contributed by atoms with van der Waals surface area (Å²) in [6.45, 7) is 14.2. The molecule has 2 aliphatic heterocycles. The van der Waals surface area contributed by atoms with Gasteiger partial charge in [-0.15, -0.1) is 0 Å². The fourth-order valence-electron chi connectivity index (χ4n) is 13.4. The summed E-state index contributed by atoms with van der Waals surface area (Å²) in [6.07, 6.45) is 99.8. The van der Waals surface area contributed by atoms with E-state index in [9.17, 15) is 0 Å². The highest BCUT2D eigenvalue weighted by molar-refractivity contribution is 5.23. The van der Waals surface area contributed by atoms with Crippen LogP contribution in [0.5, 0.6) is 0 Å². The molecule has 0 amide bonds. The molecule has 2 aliphatic rings. The lowest BCUT2D eigenvalue weighted by atomic mass is 9.92. The molecule has 6 heteroatoms. The van der Waals surface area contributed by atoms with Crippen molar-refractivity contribution in [3.8, 4) is 0 Å². The third-order valence-electron chi connectivity index (χ3n) is 19.4. The van der Waals surface area contributed by atoms with Gasteiger partial charge in [0.15, 0.2) is 11.6 Å². The molecular formula is C85H156N2O4. The van der Waals surface area contributed by atoms with Crippen molar-refractivity contribution in [3.05, 3.63) is 84.6 Å². The molecule has 2 saturated heterocycles. The minimum absolute atomic E-state index is 0.228.